The summed E-state index contributed by atoms with van der Waals surface area (Å²) in [6.07, 6.45) is 0.476. The van der Waals surface area contributed by atoms with Crippen molar-refractivity contribution >= 4 is 0 Å². The number of rotatable bonds is 8. The summed E-state index contributed by atoms with van der Waals surface area (Å²) in [5.41, 5.74) is 0.775. The van der Waals surface area contributed by atoms with Gasteiger partial charge in [0.15, 0.2) is 0 Å². The molecule has 1 heterocycles. The Labute approximate surface area is 111 Å². The zero-order valence-corrected chi connectivity index (χ0v) is 10.6. The molecular formula is C12H20N2O5. The van der Waals surface area contributed by atoms with E-state index in [0.717, 1.165) is 6.42 Å². The van der Waals surface area contributed by atoms with Crippen LogP contribution < -0.4 is 0 Å². The van der Waals surface area contributed by atoms with Gasteiger partial charge in [-0.2, -0.15) is 0 Å². The Morgan fingerprint density at radius 2 is 1.79 bits per heavy atom. The first-order valence-electron chi connectivity index (χ1n) is 6.17. The molecule has 0 saturated heterocycles. The van der Waals surface area contributed by atoms with Crippen molar-refractivity contribution in [2.24, 2.45) is 0 Å². The predicted octanol–water partition coefficient (Wildman–Crippen LogP) is -1.46. The zero-order chi connectivity index (χ0) is 14.3. The van der Waals surface area contributed by atoms with E-state index in [4.69, 9.17) is 10.2 Å². The lowest BCUT2D eigenvalue weighted by Crippen LogP contribution is -2.35. The standard InChI is InChI=1S/C12H20N2O5/c15-4-2-1-3-8-5-13-6-9(14-8)11(18)12(19)10(17)7-16/h5-6,10-12,15-19H,1-4,7H2. The molecule has 3 unspecified atom stereocenters. The van der Waals surface area contributed by atoms with E-state index < -0.39 is 24.9 Å². The van der Waals surface area contributed by atoms with Crippen LogP contribution in [0.2, 0.25) is 0 Å². The fourth-order valence-corrected chi connectivity index (χ4v) is 1.60. The average Bonchev–Trinajstić information content (AvgIpc) is 2.45. The molecule has 0 saturated carbocycles. The van der Waals surface area contributed by atoms with Crippen molar-refractivity contribution in [3.8, 4) is 0 Å². The number of aliphatic hydroxyl groups is 5. The van der Waals surface area contributed by atoms with Gasteiger partial charge in [0.05, 0.1) is 24.2 Å². The van der Waals surface area contributed by atoms with Gasteiger partial charge in [0, 0.05) is 12.8 Å². The molecule has 0 aliphatic rings. The minimum atomic E-state index is -1.52. The summed E-state index contributed by atoms with van der Waals surface area (Å²) in [5.74, 6) is 0. The Hall–Kier alpha value is -1.12. The zero-order valence-electron chi connectivity index (χ0n) is 10.6. The first-order chi connectivity index (χ1) is 9.10. The molecule has 7 heteroatoms. The van der Waals surface area contributed by atoms with Gasteiger partial charge in [0.25, 0.3) is 0 Å². The highest BCUT2D eigenvalue weighted by molar-refractivity contribution is 5.08. The summed E-state index contributed by atoms with van der Waals surface area (Å²) in [4.78, 5) is 8.05. The predicted molar refractivity (Wildman–Crippen MR) is 66.1 cm³/mol. The van der Waals surface area contributed by atoms with Gasteiger partial charge in [0.1, 0.15) is 18.3 Å². The second-order valence-corrected chi connectivity index (χ2v) is 4.30. The minimum Gasteiger partial charge on any atom is -0.396 e. The van der Waals surface area contributed by atoms with E-state index in [1.165, 1.54) is 6.20 Å². The van der Waals surface area contributed by atoms with Crippen LogP contribution in [0.4, 0.5) is 0 Å². The Morgan fingerprint density at radius 3 is 2.42 bits per heavy atom. The average molecular weight is 272 g/mol. The molecule has 3 atom stereocenters. The van der Waals surface area contributed by atoms with Gasteiger partial charge >= 0.3 is 0 Å². The van der Waals surface area contributed by atoms with Crippen molar-refractivity contribution in [1.29, 1.82) is 0 Å². The van der Waals surface area contributed by atoms with Crippen LogP contribution in [0, 0.1) is 0 Å². The molecule has 108 valence electrons. The van der Waals surface area contributed by atoms with E-state index in [-0.39, 0.29) is 12.3 Å². The van der Waals surface area contributed by atoms with Crippen molar-refractivity contribution in [2.45, 2.75) is 37.6 Å². The Bertz CT molecular complexity index is 377. The van der Waals surface area contributed by atoms with E-state index in [2.05, 4.69) is 9.97 Å². The molecule has 0 radical (unpaired) electrons. The highest BCUT2D eigenvalue weighted by Crippen LogP contribution is 2.17. The van der Waals surface area contributed by atoms with Crippen LogP contribution in [0.15, 0.2) is 12.4 Å². The summed E-state index contributed by atoms with van der Waals surface area (Å²) >= 11 is 0. The monoisotopic (exact) mass is 272 g/mol. The molecule has 1 aromatic rings. The molecule has 0 bridgehead atoms. The number of aliphatic hydroxyl groups excluding tert-OH is 5. The summed E-state index contributed by atoms with van der Waals surface area (Å²) < 4.78 is 0. The molecule has 0 spiro atoms. The number of aromatic nitrogens is 2. The van der Waals surface area contributed by atoms with Gasteiger partial charge in [0.2, 0.25) is 0 Å². The van der Waals surface area contributed by atoms with Crippen LogP contribution in [0.25, 0.3) is 0 Å². The number of hydrogen-bond acceptors (Lipinski definition) is 7. The van der Waals surface area contributed by atoms with Crippen molar-refractivity contribution in [3.05, 3.63) is 23.8 Å². The molecule has 0 amide bonds. The van der Waals surface area contributed by atoms with E-state index in [0.29, 0.717) is 18.5 Å². The number of hydrogen-bond donors (Lipinski definition) is 5. The van der Waals surface area contributed by atoms with E-state index >= 15 is 0 Å². The van der Waals surface area contributed by atoms with Crippen molar-refractivity contribution in [2.75, 3.05) is 13.2 Å². The normalized spacial score (nSPS) is 16.1. The quantitative estimate of drug-likeness (QED) is 0.366. The van der Waals surface area contributed by atoms with Crippen molar-refractivity contribution < 1.29 is 25.5 Å². The topological polar surface area (TPSA) is 127 Å². The maximum absolute atomic E-state index is 9.82. The number of aryl methyl sites for hydroxylation is 1. The van der Waals surface area contributed by atoms with Gasteiger partial charge in [-0.3, -0.25) is 9.97 Å². The number of nitrogens with zero attached hydrogens (tertiary/aromatic N) is 2. The molecule has 7 nitrogen and oxygen atoms in total. The fraction of sp³-hybridized carbons (Fsp3) is 0.667. The third-order valence-electron chi connectivity index (χ3n) is 2.75. The van der Waals surface area contributed by atoms with Crippen LogP contribution >= 0.6 is 0 Å². The van der Waals surface area contributed by atoms with Gasteiger partial charge in [-0.1, -0.05) is 0 Å². The van der Waals surface area contributed by atoms with Gasteiger partial charge in [-0.05, 0) is 19.3 Å². The summed E-state index contributed by atoms with van der Waals surface area (Å²) in [7, 11) is 0. The van der Waals surface area contributed by atoms with E-state index in [1.54, 1.807) is 6.20 Å². The molecule has 19 heavy (non-hydrogen) atoms. The largest absolute Gasteiger partial charge is 0.396 e. The molecule has 0 aliphatic heterocycles. The molecule has 1 rings (SSSR count). The lowest BCUT2D eigenvalue weighted by Gasteiger charge is -2.21. The third-order valence-corrected chi connectivity index (χ3v) is 2.75. The summed E-state index contributed by atoms with van der Waals surface area (Å²) in [5, 5.41) is 46.1. The van der Waals surface area contributed by atoms with Crippen LogP contribution in [0.3, 0.4) is 0 Å². The highest BCUT2D eigenvalue weighted by atomic mass is 16.4. The Morgan fingerprint density at radius 1 is 1.05 bits per heavy atom. The van der Waals surface area contributed by atoms with Crippen LogP contribution in [0.1, 0.15) is 30.3 Å². The Balaban J connectivity index is 2.69. The second-order valence-electron chi connectivity index (χ2n) is 4.30. The smallest absolute Gasteiger partial charge is 0.126 e. The second kappa shape index (κ2) is 8.13. The summed E-state index contributed by atoms with van der Waals surface area (Å²) in [6, 6.07) is 0. The van der Waals surface area contributed by atoms with Crippen LogP contribution in [0.5, 0.6) is 0 Å². The lowest BCUT2D eigenvalue weighted by atomic mass is 10.1. The summed E-state index contributed by atoms with van der Waals surface area (Å²) in [6.45, 7) is -0.543. The van der Waals surface area contributed by atoms with Crippen molar-refractivity contribution in [3.63, 3.8) is 0 Å². The van der Waals surface area contributed by atoms with Crippen molar-refractivity contribution in [1.82, 2.24) is 9.97 Å². The minimum absolute atomic E-state index is 0.108. The van der Waals surface area contributed by atoms with Gasteiger partial charge in [-0.15, -0.1) is 0 Å². The maximum atomic E-state index is 9.82. The molecule has 0 aliphatic carbocycles. The molecule has 5 N–H and O–H groups in total. The molecule has 0 fully saturated rings. The van der Waals surface area contributed by atoms with E-state index in [1.807, 2.05) is 0 Å². The first kappa shape index (κ1) is 15.9. The number of unbranched alkanes of at least 4 members (excludes halogenated alkanes) is 1. The molecular weight excluding hydrogens is 252 g/mol. The SMILES string of the molecule is OCCCCc1cncc(C(O)C(O)C(O)CO)n1. The highest BCUT2D eigenvalue weighted by Gasteiger charge is 2.26. The van der Waals surface area contributed by atoms with Crippen LogP contribution in [-0.4, -0.2) is 60.9 Å². The molecule has 1 aromatic heterocycles. The maximum Gasteiger partial charge on any atom is 0.126 e. The van der Waals surface area contributed by atoms with Gasteiger partial charge < -0.3 is 25.5 Å². The third kappa shape index (κ3) is 4.81. The van der Waals surface area contributed by atoms with E-state index in [9.17, 15) is 15.3 Å². The lowest BCUT2D eigenvalue weighted by molar-refractivity contribution is -0.0790. The fourth-order valence-electron chi connectivity index (χ4n) is 1.60. The van der Waals surface area contributed by atoms with Gasteiger partial charge in [-0.25, -0.2) is 0 Å². The molecule has 0 aromatic carbocycles. The Kier molecular flexibility index (Phi) is 6.82. The van der Waals surface area contributed by atoms with Crippen LogP contribution in [-0.2, 0) is 6.42 Å². The first-order valence-corrected chi connectivity index (χ1v) is 6.17.